The number of carbonyl (C=O) groups is 1. The zero-order chi connectivity index (χ0) is 12.9. The molecule has 0 aromatic heterocycles. The zero-order valence-electron chi connectivity index (χ0n) is 11.6. The molecule has 0 aromatic rings. The quantitative estimate of drug-likeness (QED) is 0.805. The molecule has 0 saturated heterocycles. The lowest BCUT2D eigenvalue weighted by molar-refractivity contribution is -0.130. The highest BCUT2D eigenvalue weighted by molar-refractivity contribution is 8.00. The SMILES string of the molecule is CC(CSC(C)(C)C)N[C@H](C)C(=O)N(C)C. The number of carbonyl (C=O) groups excluding carboxylic acids is 1. The molecular weight excluding hydrogens is 220 g/mol. The van der Waals surface area contributed by atoms with E-state index in [1.54, 1.807) is 19.0 Å². The van der Waals surface area contributed by atoms with Crippen molar-refractivity contribution < 1.29 is 4.79 Å². The summed E-state index contributed by atoms with van der Waals surface area (Å²) in [7, 11) is 3.57. The van der Waals surface area contributed by atoms with Crippen molar-refractivity contribution in [1.82, 2.24) is 10.2 Å². The summed E-state index contributed by atoms with van der Waals surface area (Å²) in [5.74, 6) is 1.15. The van der Waals surface area contributed by atoms with Crippen molar-refractivity contribution in [3.05, 3.63) is 0 Å². The second kappa shape index (κ2) is 6.50. The number of hydrogen-bond acceptors (Lipinski definition) is 3. The molecule has 1 amide bonds. The Hall–Kier alpha value is -0.220. The third-order valence-electron chi connectivity index (χ3n) is 2.11. The fourth-order valence-corrected chi connectivity index (χ4v) is 2.15. The number of nitrogens with zero attached hydrogens (tertiary/aromatic N) is 1. The number of nitrogens with one attached hydrogen (secondary N) is 1. The molecule has 1 unspecified atom stereocenters. The van der Waals surface area contributed by atoms with E-state index in [4.69, 9.17) is 0 Å². The summed E-state index contributed by atoms with van der Waals surface area (Å²) in [5, 5.41) is 3.32. The Labute approximate surface area is 104 Å². The minimum Gasteiger partial charge on any atom is -0.347 e. The van der Waals surface area contributed by atoms with Gasteiger partial charge < -0.3 is 10.2 Å². The summed E-state index contributed by atoms with van der Waals surface area (Å²) in [5.41, 5.74) is 0. The van der Waals surface area contributed by atoms with Gasteiger partial charge in [0.25, 0.3) is 0 Å². The molecule has 0 aliphatic rings. The van der Waals surface area contributed by atoms with Crippen LogP contribution in [-0.2, 0) is 4.79 Å². The maximum Gasteiger partial charge on any atom is 0.238 e. The van der Waals surface area contributed by atoms with Crippen molar-refractivity contribution >= 4 is 17.7 Å². The molecule has 0 bridgehead atoms. The number of likely N-dealkylation sites (N-methyl/N-ethyl adjacent to an activating group) is 1. The first-order valence-corrected chi connectivity index (χ1v) is 6.73. The van der Waals surface area contributed by atoms with Gasteiger partial charge in [0.2, 0.25) is 5.91 Å². The molecule has 0 fully saturated rings. The van der Waals surface area contributed by atoms with Crippen LogP contribution in [0.25, 0.3) is 0 Å². The third kappa shape index (κ3) is 7.12. The van der Waals surface area contributed by atoms with Gasteiger partial charge in [-0.15, -0.1) is 0 Å². The molecule has 0 spiro atoms. The molecule has 0 saturated carbocycles. The van der Waals surface area contributed by atoms with Crippen molar-refractivity contribution in [3.63, 3.8) is 0 Å². The van der Waals surface area contributed by atoms with Crippen LogP contribution in [0.4, 0.5) is 0 Å². The van der Waals surface area contributed by atoms with Crippen LogP contribution in [0.5, 0.6) is 0 Å². The first kappa shape index (κ1) is 15.8. The third-order valence-corrected chi connectivity index (χ3v) is 3.64. The topological polar surface area (TPSA) is 32.3 Å². The van der Waals surface area contributed by atoms with Crippen LogP contribution < -0.4 is 5.32 Å². The summed E-state index contributed by atoms with van der Waals surface area (Å²) in [4.78, 5) is 13.3. The summed E-state index contributed by atoms with van der Waals surface area (Å²) in [6, 6.07) is 0.244. The molecule has 4 heteroatoms. The van der Waals surface area contributed by atoms with Gasteiger partial charge in [-0.1, -0.05) is 20.8 Å². The van der Waals surface area contributed by atoms with E-state index in [1.807, 2.05) is 18.7 Å². The van der Waals surface area contributed by atoms with Gasteiger partial charge in [0.05, 0.1) is 6.04 Å². The second-order valence-electron chi connectivity index (χ2n) is 5.45. The number of amides is 1. The van der Waals surface area contributed by atoms with E-state index < -0.39 is 0 Å². The van der Waals surface area contributed by atoms with Crippen molar-refractivity contribution in [3.8, 4) is 0 Å². The molecule has 0 rings (SSSR count). The average molecular weight is 246 g/mol. The highest BCUT2D eigenvalue weighted by Crippen LogP contribution is 2.23. The van der Waals surface area contributed by atoms with Gasteiger partial charge in [0.1, 0.15) is 0 Å². The van der Waals surface area contributed by atoms with Crippen molar-refractivity contribution in [2.24, 2.45) is 0 Å². The van der Waals surface area contributed by atoms with E-state index in [2.05, 4.69) is 33.0 Å². The van der Waals surface area contributed by atoms with E-state index in [0.717, 1.165) is 5.75 Å². The number of thioether (sulfide) groups is 1. The molecule has 16 heavy (non-hydrogen) atoms. The lowest BCUT2D eigenvalue weighted by Crippen LogP contribution is -2.46. The van der Waals surface area contributed by atoms with E-state index in [9.17, 15) is 4.79 Å². The molecule has 0 aliphatic carbocycles. The number of hydrogen-bond donors (Lipinski definition) is 1. The van der Waals surface area contributed by atoms with Crippen LogP contribution in [-0.4, -0.2) is 47.5 Å². The van der Waals surface area contributed by atoms with Gasteiger partial charge >= 0.3 is 0 Å². The molecule has 2 atom stereocenters. The fraction of sp³-hybridized carbons (Fsp3) is 0.917. The Morgan fingerprint density at radius 3 is 2.19 bits per heavy atom. The van der Waals surface area contributed by atoms with Gasteiger partial charge in [-0.3, -0.25) is 4.79 Å². The first-order chi connectivity index (χ1) is 7.13. The average Bonchev–Trinajstić information content (AvgIpc) is 2.12. The monoisotopic (exact) mass is 246 g/mol. The molecular formula is C12H26N2OS. The van der Waals surface area contributed by atoms with E-state index >= 15 is 0 Å². The Bertz CT molecular complexity index is 224. The fourth-order valence-electron chi connectivity index (χ4n) is 1.31. The van der Waals surface area contributed by atoms with Gasteiger partial charge in [-0.05, 0) is 13.8 Å². The molecule has 0 aliphatic heterocycles. The van der Waals surface area contributed by atoms with Gasteiger partial charge in [0, 0.05) is 30.6 Å². The Morgan fingerprint density at radius 1 is 1.31 bits per heavy atom. The van der Waals surface area contributed by atoms with Crippen molar-refractivity contribution in [2.75, 3.05) is 19.8 Å². The standard InChI is InChI=1S/C12H26N2OS/c1-9(8-16-12(3,4)5)13-10(2)11(15)14(6)7/h9-10,13H,8H2,1-7H3/t9?,10-/m1/s1. The maximum atomic E-state index is 11.6. The summed E-state index contributed by atoms with van der Waals surface area (Å²) < 4.78 is 0.282. The lowest BCUT2D eigenvalue weighted by Gasteiger charge is -2.25. The zero-order valence-corrected chi connectivity index (χ0v) is 12.4. The number of rotatable bonds is 5. The Kier molecular flexibility index (Phi) is 6.41. The molecule has 0 radical (unpaired) electrons. The second-order valence-corrected chi connectivity index (χ2v) is 7.29. The first-order valence-electron chi connectivity index (χ1n) is 5.74. The molecule has 3 nitrogen and oxygen atoms in total. The van der Waals surface area contributed by atoms with Crippen LogP contribution in [0.15, 0.2) is 0 Å². The molecule has 96 valence electrons. The minimum absolute atomic E-state index is 0.106. The van der Waals surface area contributed by atoms with E-state index in [1.165, 1.54) is 0 Å². The smallest absolute Gasteiger partial charge is 0.238 e. The predicted molar refractivity (Wildman–Crippen MR) is 73.0 cm³/mol. The maximum absolute atomic E-state index is 11.6. The van der Waals surface area contributed by atoms with Gasteiger partial charge in [0.15, 0.2) is 0 Å². The summed E-state index contributed by atoms with van der Waals surface area (Å²) in [6.45, 7) is 10.7. The summed E-state index contributed by atoms with van der Waals surface area (Å²) in [6.07, 6.45) is 0. The highest BCUT2D eigenvalue weighted by atomic mass is 32.2. The highest BCUT2D eigenvalue weighted by Gasteiger charge is 2.18. The Morgan fingerprint density at radius 2 is 1.81 bits per heavy atom. The van der Waals surface area contributed by atoms with Gasteiger partial charge in [-0.25, -0.2) is 0 Å². The molecule has 1 N–H and O–H groups in total. The largest absolute Gasteiger partial charge is 0.347 e. The normalized spacial score (nSPS) is 15.7. The van der Waals surface area contributed by atoms with E-state index in [0.29, 0.717) is 6.04 Å². The summed E-state index contributed by atoms with van der Waals surface area (Å²) >= 11 is 1.92. The van der Waals surface area contributed by atoms with Crippen LogP contribution >= 0.6 is 11.8 Å². The molecule has 0 aromatic carbocycles. The van der Waals surface area contributed by atoms with Crippen LogP contribution in [0.3, 0.4) is 0 Å². The van der Waals surface area contributed by atoms with Crippen LogP contribution in [0.1, 0.15) is 34.6 Å². The van der Waals surface area contributed by atoms with Crippen molar-refractivity contribution in [2.45, 2.75) is 51.4 Å². The van der Waals surface area contributed by atoms with Crippen molar-refractivity contribution in [1.29, 1.82) is 0 Å². The van der Waals surface area contributed by atoms with Crippen LogP contribution in [0, 0.1) is 0 Å². The minimum atomic E-state index is -0.106. The van der Waals surface area contributed by atoms with Crippen LogP contribution in [0.2, 0.25) is 0 Å². The Balaban J connectivity index is 3.96. The van der Waals surface area contributed by atoms with E-state index in [-0.39, 0.29) is 16.7 Å². The lowest BCUT2D eigenvalue weighted by atomic mass is 10.2. The van der Waals surface area contributed by atoms with Gasteiger partial charge in [-0.2, -0.15) is 11.8 Å². The molecule has 0 heterocycles. The predicted octanol–water partition coefficient (Wildman–Crippen LogP) is 1.97.